The van der Waals surface area contributed by atoms with E-state index in [-0.39, 0.29) is 11.7 Å². The first kappa shape index (κ1) is 18.2. The number of hydrogen-bond acceptors (Lipinski definition) is 3. The molecule has 1 N–H and O–H groups in total. The molecule has 0 saturated carbocycles. The van der Waals surface area contributed by atoms with Crippen molar-refractivity contribution < 1.29 is 23.0 Å². The van der Waals surface area contributed by atoms with Gasteiger partial charge in [0, 0.05) is 16.6 Å². The van der Waals surface area contributed by atoms with Gasteiger partial charge in [-0.3, -0.25) is 4.79 Å². The van der Waals surface area contributed by atoms with E-state index in [1.807, 2.05) is 24.3 Å². The average Bonchev–Trinajstić information content (AvgIpc) is 2.55. The Morgan fingerprint density at radius 1 is 1.04 bits per heavy atom. The number of benzene rings is 2. The molecule has 0 radical (unpaired) electrons. The van der Waals surface area contributed by atoms with E-state index in [0.29, 0.717) is 25.1 Å². The zero-order valence-electron chi connectivity index (χ0n) is 12.7. The first-order valence-corrected chi connectivity index (χ1v) is 8.05. The van der Waals surface area contributed by atoms with Crippen LogP contribution in [-0.2, 0) is 4.79 Å². The summed E-state index contributed by atoms with van der Waals surface area (Å²) >= 11 is 3.34. The molecule has 2 aromatic carbocycles. The van der Waals surface area contributed by atoms with Crippen LogP contribution in [0.5, 0.6) is 11.5 Å². The van der Waals surface area contributed by atoms with Crippen molar-refractivity contribution in [3.8, 4) is 11.5 Å². The maximum Gasteiger partial charge on any atom is 0.387 e. The summed E-state index contributed by atoms with van der Waals surface area (Å²) in [6, 6.07) is 13.2. The molecule has 2 aromatic rings. The lowest BCUT2D eigenvalue weighted by molar-refractivity contribution is -0.116. The molecule has 0 aliphatic rings. The second-order valence-corrected chi connectivity index (χ2v) is 5.77. The minimum atomic E-state index is -2.86. The molecule has 7 heteroatoms. The third kappa shape index (κ3) is 6.54. The molecule has 0 saturated heterocycles. The number of nitrogens with one attached hydrogen (secondary N) is 1. The van der Waals surface area contributed by atoms with Gasteiger partial charge in [0.2, 0.25) is 5.91 Å². The minimum Gasteiger partial charge on any atom is -0.494 e. The van der Waals surface area contributed by atoms with Gasteiger partial charge in [-0.2, -0.15) is 8.78 Å². The van der Waals surface area contributed by atoms with Crippen molar-refractivity contribution in [2.24, 2.45) is 0 Å². The molecule has 0 fully saturated rings. The van der Waals surface area contributed by atoms with Crippen LogP contribution in [0.4, 0.5) is 14.5 Å². The fourth-order valence-electron chi connectivity index (χ4n) is 1.90. The van der Waals surface area contributed by atoms with Gasteiger partial charge in [-0.05, 0) is 55.0 Å². The van der Waals surface area contributed by atoms with Gasteiger partial charge in [-0.15, -0.1) is 0 Å². The van der Waals surface area contributed by atoms with Crippen LogP contribution in [0.3, 0.4) is 0 Å². The normalized spacial score (nSPS) is 10.5. The summed E-state index contributed by atoms with van der Waals surface area (Å²) in [5.74, 6) is 0.621. The van der Waals surface area contributed by atoms with E-state index >= 15 is 0 Å². The molecule has 2 rings (SSSR count). The fraction of sp³-hybridized carbons (Fsp3) is 0.235. The number of carbonyl (C=O) groups excluding carboxylic acids is 1. The van der Waals surface area contributed by atoms with Crippen LogP contribution >= 0.6 is 15.9 Å². The molecule has 0 spiro atoms. The second kappa shape index (κ2) is 9.22. The van der Waals surface area contributed by atoms with Crippen molar-refractivity contribution in [2.45, 2.75) is 19.5 Å². The molecular formula is C17H16BrF2NO3. The van der Waals surface area contributed by atoms with Crippen molar-refractivity contribution in [1.29, 1.82) is 0 Å². The Hall–Kier alpha value is -2.15. The van der Waals surface area contributed by atoms with E-state index in [1.165, 1.54) is 24.3 Å². The van der Waals surface area contributed by atoms with Crippen LogP contribution in [-0.4, -0.2) is 19.1 Å². The maximum absolute atomic E-state index is 12.0. The zero-order valence-corrected chi connectivity index (χ0v) is 14.3. The first-order valence-electron chi connectivity index (χ1n) is 7.26. The highest BCUT2D eigenvalue weighted by Gasteiger charge is 2.06. The third-order valence-corrected chi connectivity index (χ3v) is 3.52. The maximum atomic E-state index is 12.0. The van der Waals surface area contributed by atoms with Gasteiger partial charge in [-0.25, -0.2) is 0 Å². The molecule has 1 amide bonds. The van der Waals surface area contributed by atoms with E-state index < -0.39 is 6.61 Å². The first-order chi connectivity index (χ1) is 11.5. The molecular weight excluding hydrogens is 384 g/mol. The van der Waals surface area contributed by atoms with Crippen LogP contribution in [0.25, 0.3) is 0 Å². The molecule has 0 aliphatic carbocycles. The summed E-state index contributed by atoms with van der Waals surface area (Å²) < 4.78 is 34.8. The Balaban J connectivity index is 1.68. The largest absolute Gasteiger partial charge is 0.494 e. The lowest BCUT2D eigenvalue weighted by Crippen LogP contribution is -2.12. The molecule has 4 nitrogen and oxygen atoms in total. The molecule has 0 bridgehead atoms. The summed E-state index contributed by atoms with van der Waals surface area (Å²) in [5.41, 5.74) is 0.524. The van der Waals surface area contributed by atoms with Gasteiger partial charge in [0.25, 0.3) is 0 Å². The lowest BCUT2D eigenvalue weighted by atomic mass is 10.2. The molecule has 128 valence electrons. The van der Waals surface area contributed by atoms with Gasteiger partial charge < -0.3 is 14.8 Å². The highest BCUT2D eigenvalue weighted by atomic mass is 79.9. The van der Waals surface area contributed by atoms with Gasteiger partial charge in [0.05, 0.1) is 6.61 Å². The monoisotopic (exact) mass is 399 g/mol. The Bertz CT molecular complexity index is 648. The van der Waals surface area contributed by atoms with Gasteiger partial charge in [-0.1, -0.05) is 15.9 Å². The number of ether oxygens (including phenoxy) is 2. The van der Waals surface area contributed by atoms with Gasteiger partial charge in [0.1, 0.15) is 11.5 Å². The average molecular weight is 400 g/mol. The van der Waals surface area contributed by atoms with E-state index in [2.05, 4.69) is 26.0 Å². The van der Waals surface area contributed by atoms with Crippen molar-refractivity contribution >= 4 is 27.5 Å². The molecule has 0 heterocycles. The molecule has 0 atom stereocenters. The Labute approximate surface area is 146 Å². The van der Waals surface area contributed by atoms with Crippen molar-refractivity contribution in [1.82, 2.24) is 0 Å². The van der Waals surface area contributed by atoms with E-state index in [0.717, 1.165) is 10.2 Å². The van der Waals surface area contributed by atoms with Crippen LogP contribution in [0.2, 0.25) is 0 Å². The van der Waals surface area contributed by atoms with Crippen molar-refractivity contribution in [2.75, 3.05) is 11.9 Å². The Morgan fingerprint density at radius 3 is 2.29 bits per heavy atom. The number of carbonyl (C=O) groups is 1. The predicted octanol–water partition coefficient (Wildman–Crippen LogP) is 4.85. The minimum absolute atomic E-state index is 0.0471. The van der Waals surface area contributed by atoms with Crippen LogP contribution in [0, 0.1) is 0 Å². The summed E-state index contributed by atoms with van der Waals surface area (Å²) in [7, 11) is 0. The topological polar surface area (TPSA) is 47.6 Å². The standard InChI is InChI=1S/C17H16BrF2NO3/c18-12-3-7-14(8-4-12)23-11-1-2-16(22)21-13-5-9-15(10-6-13)24-17(19)20/h3-10,17H,1-2,11H2,(H,21,22). The van der Waals surface area contributed by atoms with Gasteiger partial charge in [0.15, 0.2) is 0 Å². The summed E-state index contributed by atoms with van der Waals surface area (Å²) in [5, 5.41) is 2.68. The SMILES string of the molecule is O=C(CCCOc1ccc(Br)cc1)Nc1ccc(OC(F)F)cc1. The number of hydrogen-bond donors (Lipinski definition) is 1. The van der Waals surface area contributed by atoms with E-state index in [9.17, 15) is 13.6 Å². The number of rotatable bonds is 8. The lowest BCUT2D eigenvalue weighted by Gasteiger charge is -2.08. The molecule has 0 aliphatic heterocycles. The van der Waals surface area contributed by atoms with E-state index in [4.69, 9.17) is 4.74 Å². The molecule has 0 aromatic heterocycles. The smallest absolute Gasteiger partial charge is 0.387 e. The van der Waals surface area contributed by atoms with Crippen LogP contribution in [0.15, 0.2) is 53.0 Å². The number of anilines is 1. The summed E-state index contributed by atoms with van der Waals surface area (Å²) in [4.78, 5) is 11.8. The van der Waals surface area contributed by atoms with Crippen molar-refractivity contribution in [3.63, 3.8) is 0 Å². The quantitative estimate of drug-likeness (QED) is 0.645. The second-order valence-electron chi connectivity index (χ2n) is 4.86. The third-order valence-electron chi connectivity index (χ3n) is 2.99. The summed E-state index contributed by atoms with van der Waals surface area (Å²) in [6.07, 6.45) is 0.861. The number of alkyl halides is 2. The fourth-order valence-corrected chi connectivity index (χ4v) is 2.16. The molecule has 24 heavy (non-hydrogen) atoms. The number of halogens is 3. The predicted molar refractivity (Wildman–Crippen MR) is 90.6 cm³/mol. The Kier molecular flexibility index (Phi) is 6.99. The summed E-state index contributed by atoms with van der Waals surface area (Å²) in [6.45, 7) is -2.44. The highest BCUT2D eigenvalue weighted by Crippen LogP contribution is 2.18. The van der Waals surface area contributed by atoms with Gasteiger partial charge >= 0.3 is 6.61 Å². The van der Waals surface area contributed by atoms with Crippen molar-refractivity contribution in [3.05, 3.63) is 53.0 Å². The van der Waals surface area contributed by atoms with Crippen LogP contribution in [0.1, 0.15) is 12.8 Å². The zero-order chi connectivity index (χ0) is 17.4. The number of amides is 1. The Morgan fingerprint density at radius 2 is 1.67 bits per heavy atom. The highest BCUT2D eigenvalue weighted by molar-refractivity contribution is 9.10. The molecule has 0 unspecified atom stereocenters. The van der Waals surface area contributed by atoms with E-state index in [1.54, 1.807) is 0 Å². The van der Waals surface area contributed by atoms with Crippen LogP contribution < -0.4 is 14.8 Å².